The topological polar surface area (TPSA) is 196 Å². The summed E-state index contributed by atoms with van der Waals surface area (Å²) in [5, 5.41) is 71.7. The Morgan fingerprint density at radius 3 is 2.25 bits per heavy atom. The van der Waals surface area contributed by atoms with Crippen molar-refractivity contribution in [3.05, 3.63) is 17.4 Å². The van der Waals surface area contributed by atoms with Crippen molar-refractivity contribution in [3.8, 4) is 0 Å². The zero-order chi connectivity index (χ0) is 27.0. The Morgan fingerprint density at radius 1 is 1.00 bits per heavy atom. The molecular formula is C24H38O12. The summed E-state index contributed by atoms with van der Waals surface area (Å²) in [6.45, 7) is 6.02. The van der Waals surface area contributed by atoms with Crippen molar-refractivity contribution in [3.63, 3.8) is 0 Å². The number of aliphatic hydroxyl groups is 7. The Balaban J connectivity index is 1.68. The molecule has 11 atom stereocenters. The van der Waals surface area contributed by atoms with Gasteiger partial charge in [-0.15, -0.1) is 5.73 Å². The minimum Gasteiger partial charge on any atom is -0.388 e. The van der Waals surface area contributed by atoms with Crippen LogP contribution in [0.25, 0.3) is 0 Å². The molecule has 7 N–H and O–H groups in total. The summed E-state index contributed by atoms with van der Waals surface area (Å²) in [6.07, 6.45) is -11.9. The number of hydrogen-bond donors (Lipinski definition) is 7. The maximum Gasteiger partial charge on any atom is 0.186 e. The molecule has 0 amide bonds. The Labute approximate surface area is 209 Å². The zero-order valence-corrected chi connectivity index (χ0v) is 20.9. The van der Waals surface area contributed by atoms with Gasteiger partial charge in [0.1, 0.15) is 42.7 Å². The van der Waals surface area contributed by atoms with E-state index in [1.54, 1.807) is 6.92 Å². The molecule has 1 saturated carbocycles. The molecule has 0 aromatic rings. The summed E-state index contributed by atoms with van der Waals surface area (Å²) >= 11 is 0. The van der Waals surface area contributed by atoms with Crippen molar-refractivity contribution in [1.29, 1.82) is 0 Å². The van der Waals surface area contributed by atoms with Crippen LogP contribution in [-0.2, 0) is 23.7 Å². The van der Waals surface area contributed by atoms with Crippen molar-refractivity contribution >= 4 is 5.78 Å². The van der Waals surface area contributed by atoms with Gasteiger partial charge in [-0.2, -0.15) is 0 Å². The quantitative estimate of drug-likeness (QED) is 0.149. The van der Waals surface area contributed by atoms with Crippen molar-refractivity contribution in [2.75, 3.05) is 13.2 Å². The highest BCUT2D eigenvalue weighted by molar-refractivity contribution is 5.87. The van der Waals surface area contributed by atoms with E-state index < -0.39 is 79.0 Å². The van der Waals surface area contributed by atoms with Gasteiger partial charge in [0.25, 0.3) is 0 Å². The largest absolute Gasteiger partial charge is 0.388 e. The third-order valence-electron chi connectivity index (χ3n) is 6.87. The highest BCUT2D eigenvalue weighted by atomic mass is 16.7. The summed E-state index contributed by atoms with van der Waals surface area (Å²) < 4.78 is 22.2. The third-order valence-corrected chi connectivity index (χ3v) is 6.87. The molecule has 2 aliphatic heterocycles. The molecule has 36 heavy (non-hydrogen) atoms. The molecule has 3 aliphatic rings. The number of rotatable bonds is 6. The lowest BCUT2D eigenvalue weighted by Crippen LogP contribution is -2.61. The van der Waals surface area contributed by atoms with E-state index in [4.69, 9.17) is 18.9 Å². The number of hydrogen-bond acceptors (Lipinski definition) is 12. The van der Waals surface area contributed by atoms with E-state index in [-0.39, 0.29) is 18.8 Å². The monoisotopic (exact) mass is 518 g/mol. The number of ether oxygens (including phenoxy) is 4. The predicted octanol–water partition coefficient (Wildman–Crippen LogP) is -2.12. The van der Waals surface area contributed by atoms with Gasteiger partial charge in [0, 0.05) is 18.1 Å². The molecule has 0 spiro atoms. The van der Waals surface area contributed by atoms with E-state index in [9.17, 15) is 40.5 Å². The third kappa shape index (κ3) is 6.41. The minimum atomic E-state index is -1.65. The van der Waals surface area contributed by atoms with Gasteiger partial charge in [0.15, 0.2) is 18.4 Å². The van der Waals surface area contributed by atoms with Gasteiger partial charge in [0.05, 0.1) is 24.9 Å². The summed E-state index contributed by atoms with van der Waals surface area (Å²) in [6, 6.07) is 0. The molecule has 0 aromatic carbocycles. The van der Waals surface area contributed by atoms with Crippen LogP contribution in [0, 0.1) is 5.41 Å². The normalized spacial score (nSPS) is 45.1. The Hall–Kier alpha value is -1.25. The molecule has 12 heteroatoms. The van der Waals surface area contributed by atoms with E-state index in [0.29, 0.717) is 12.0 Å². The van der Waals surface area contributed by atoms with Gasteiger partial charge in [-0.25, -0.2) is 0 Å². The summed E-state index contributed by atoms with van der Waals surface area (Å²) in [5.41, 5.74) is 1.45. The van der Waals surface area contributed by atoms with Crippen LogP contribution in [0.4, 0.5) is 0 Å². The fourth-order valence-corrected chi connectivity index (χ4v) is 5.11. The van der Waals surface area contributed by atoms with E-state index in [1.165, 1.54) is 13.0 Å². The average molecular weight is 519 g/mol. The standard InChI is InChI=1S/C24H38O12/c1-11(25)5-6-15-23(2,3)7-12(8-24(15,4)32)35-22-20(31)18(29)17(28)14(36-22)10-34-21-19(30)16(27)13(26)9-33-21/h5,12-14,16-22,26-32H,7-10H2,1-4H3/t6?,12-,13+,14-,16+,17-,18+,19-,20-,21+,22-,24-/m1/s1. The maximum atomic E-state index is 11.4. The van der Waals surface area contributed by atoms with Gasteiger partial charge in [0.2, 0.25) is 0 Å². The molecular weight excluding hydrogens is 480 g/mol. The molecule has 2 heterocycles. The number of aliphatic hydroxyl groups excluding tert-OH is 6. The van der Waals surface area contributed by atoms with Crippen molar-refractivity contribution in [2.45, 2.75) is 108 Å². The second-order valence-electron chi connectivity index (χ2n) is 10.7. The van der Waals surface area contributed by atoms with E-state index in [0.717, 1.165) is 0 Å². The second kappa shape index (κ2) is 11.2. The first-order chi connectivity index (χ1) is 16.6. The van der Waals surface area contributed by atoms with E-state index in [2.05, 4.69) is 5.73 Å². The van der Waals surface area contributed by atoms with Crippen LogP contribution < -0.4 is 0 Å². The predicted molar refractivity (Wildman–Crippen MR) is 121 cm³/mol. The first-order valence-corrected chi connectivity index (χ1v) is 12.0. The summed E-state index contributed by atoms with van der Waals surface area (Å²) in [7, 11) is 0. The van der Waals surface area contributed by atoms with Gasteiger partial charge < -0.3 is 54.7 Å². The molecule has 0 bridgehead atoms. The van der Waals surface area contributed by atoms with Crippen LogP contribution in [0.15, 0.2) is 17.4 Å². The lowest BCUT2D eigenvalue weighted by molar-refractivity contribution is -0.331. The Morgan fingerprint density at radius 2 is 1.64 bits per heavy atom. The van der Waals surface area contributed by atoms with Crippen LogP contribution in [-0.4, -0.2) is 122 Å². The van der Waals surface area contributed by atoms with Crippen molar-refractivity contribution in [2.24, 2.45) is 5.41 Å². The van der Waals surface area contributed by atoms with E-state index >= 15 is 0 Å². The Kier molecular flexibility index (Phi) is 9.15. The van der Waals surface area contributed by atoms with Gasteiger partial charge in [-0.3, -0.25) is 4.79 Å². The summed E-state index contributed by atoms with van der Waals surface area (Å²) in [4.78, 5) is 11.4. The smallest absolute Gasteiger partial charge is 0.186 e. The van der Waals surface area contributed by atoms with Gasteiger partial charge in [-0.05, 0) is 25.7 Å². The number of carbonyl (C=O) groups excluding carboxylic acids is 1. The second-order valence-corrected chi connectivity index (χ2v) is 10.7. The van der Waals surface area contributed by atoms with Crippen LogP contribution >= 0.6 is 0 Å². The molecule has 206 valence electrons. The molecule has 12 nitrogen and oxygen atoms in total. The average Bonchev–Trinajstić information content (AvgIpc) is 2.76. The fourth-order valence-electron chi connectivity index (χ4n) is 5.11. The highest BCUT2D eigenvalue weighted by Gasteiger charge is 2.50. The number of carbonyl (C=O) groups is 1. The maximum absolute atomic E-state index is 11.4. The molecule has 3 rings (SSSR count). The zero-order valence-electron chi connectivity index (χ0n) is 20.9. The highest BCUT2D eigenvalue weighted by Crippen LogP contribution is 2.46. The lowest BCUT2D eigenvalue weighted by Gasteiger charge is -2.47. The minimum absolute atomic E-state index is 0.0965. The molecule has 1 aliphatic carbocycles. The van der Waals surface area contributed by atoms with Crippen LogP contribution in [0.1, 0.15) is 40.5 Å². The van der Waals surface area contributed by atoms with Gasteiger partial charge in [-0.1, -0.05) is 13.8 Å². The Bertz CT molecular complexity index is 830. The van der Waals surface area contributed by atoms with Crippen molar-refractivity contribution < 1.29 is 59.5 Å². The van der Waals surface area contributed by atoms with E-state index in [1.807, 2.05) is 13.8 Å². The molecule has 0 unspecified atom stereocenters. The number of ketones is 1. The van der Waals surface area contributed by atoms with Crippen LogP contribution in [0.2, 0.25) is 0 Å². The van der Waals surface area contributed by atoms with Crippen molar-refractivity contribution in [1.82, 2.24) is 0 Å². The fraction of sp³-hybridized carbons (Fsp3) is 0.833. The first kappa shape index (κ1) is 29.3. The molecule has 2 saturated heterocycles. The first-order valence-electron chi connectivity index (χ1n) is 12.0. The summed E-state index contributed by atoms with van der Waals surface area (Å²) in [5.74, 6) is -0.205. The molecule has 0 aromatic heterocycles. The van der Waals surface area contributed by atoms with Crippen LogP contribution in [0.3, 0.4) is 0 Å². The SMILES string of the molecule is CC(=O)C=C=C1C(C)(C)C[C@@H](O[C@@H]2O[C@H](CO[C@@H]3OC[C@H](O)[C@H](O)[C@H]3O)[C@@H](O)[C@H](O)[C@H]2O)C[C@@]1(C)O. The lowest BCUT2D eigenvalue weighted by atomic mass is 9.65. The van der Waals surface area contributed by atoms with Gasteiger partial charge >= 0.3 is 0 Å². The molecule has 0 radical (unpaired) electrons. The molecule has 3 fully saturated rings. The van der Waals surface area contributed by atoms with Crippen LogP contribution in [0.5, 0.6) is 0 Å².